The number of amides is 1. The maximum absolute atomic E-state index is 13.0. The Balaban J connectivity index is 1.66. The molecule has 0 aliphatic heterocycles. The smallest absolute Gasteiger partial charge is 0.418 e. The van der Waals surface area contributed by atoms with Crippen LogP contribution >= 0.6 is 11.8 Å². The quantitative estimate of drug-likeness (QED) is 0.542. The first-order valence-corrected chi connectivity index (χ1v) is 9.44. The van der Waals surface area contributed by atoms with Gasteiger partial charge in [0.05, 0.1) is 31.2 Å². The number of hydrogen-bond acceptors (Lipinski definition) is 7. The molecule has 0 unspecified atom stereocenters. The van der Waals surface area contributed by atoms with Gasteiger partial charge in [0.2, 0.25) is 11.8 Å². The fraction of sp³-hybridized carbons (Fsp3) is 0.211. The molecule has 0 aliphatic rings. The predicted octanol–water partition coefficient (Wildman–Crippen LogP) is 4.50. The topological polar surface area (TPSA) is 86.5 Å². The van der Waals surface area contributed by atoms with Crippen LogP contribution in [0.15, 0.2) is 52.1 Å². The van der Waals surface area contributed by atoms with E-state index in [1.54, 1.807) is 18.2 Å². The maximum Gasteiger partial charge on any atom is 0.418 e. The number of ether oxygens (including phenoxy) is 2. The predicted molar refractivity (Wildman–Crippen MR) is 104 cm³/mol. The van der Waals surface area contributed by atoms with Crippen molar-refractivity contribution in [2.45, 2.75) is 11.4 Å². The molecule has 2 aromatic carbocycles. The van der Waals surface area contributed by atoms with Crippen LogP contribution in [0.3, 0.4) is 0 Å². The molecule has 158 valence electrons. The number of anilines is 1. The Morgan fingerprint density at radius 1 is 1.10 bits per heavy atom. The molecule has 0 radical (unpaired) electrons. The highest BCUT2D eigenvalue weighted by atomic mass is 32.2. The Morgan fingerprint density at radius 3 is 2.40 bits per heavy atom. The highest BCUT2D eigenvalue weighted by Gasteiger charge is 2.33. The zero-order valence-electron chi connectivity index (χ0n) is 15.8. The van der Waals surface area contributed by atoms with Crippen LogP contribution in [0.5, 0.6) is 11.5 Å². The number of nitrogens with zero attached hydrogens (tertiary/aromatic N) is 2. The first kappa shape index (κ1) is 21.5. The number of thioether (sulfide) groups is 1. The minimum absolute atomic E-state index is 0.0889. The van der Waals surface area contributed by atoms with E-state index in [-0.39, 0.29) is 22.6 Å². The zero-order chi connectivity index (χ0) is 21.7. The van der Waals surface area contributed by atoms with Crippen LogP contribution in [-0.2, 0) is 11.0 Å². The second kappa shape index (κ2) is 9.08. The van der Waals surface area contributed by atoms with Gasteiger partial charge in [-0.25, -0.2) is 0 Å². The van der Waals surface area contributed by atoms with E-state index in [0.717, 1.165) is 17.8 Å². The lowest BCUT2D eigenvalue weighted by molar-refractivity contribution is -0.137. The molecule has 0 saturated carbocycles. The van der Waals surface area contributed by atoms with Crippen LogP contribution in [0, 0.1) is 0 Å². The van der Waals surface area contributed by atoms with Gasteiger partial charge in [0.1, 0.15) is 11.5 Å². The van der Waals surface area contributed by atoms with Crippen molar-refractivity contribution in [3.8, 4) is 23.0 Å². The van der Waals surface area contributed by atoms with Gasteiger partial charge in [-0.1, -0.05) is 23.9 Å². The largest absolute Gasteiger partial charge is 0.497 e. The van der Waals surface area contributed by atoms with Crippen molar-refractivity contribution in [1.29, 1.82) is 0 Å². The summed E-state index contributed by atoms with van der Waals surface area (Å²) in [4.78, 5) is 12.1. The number of halogens is 3. The molecular formula is C19H16F3N3O4S. The molecule has 1 heterocycles. The summed E-state index contributed by atoms with van der Waals surface area (Å²) in [7, 11) is 3.01. The number of benzene rings is 2. The first-order chi connectivity index (χ1) is 14.3. The van der Waals surface area contributed by atoms with Gasteiger partial charge in [0, 0.05) is 11.6 Å². The molecular weight excluding hydrogens is 423 g/mol. The molecule has 0 fully saturated rings. The standard InChI is InChI=1S/C19H16F3N3O4S/c1-27-12-7-11(8-13(9-12)28-2)17-24-25-18(29-17)30-10-16(26)23-15-6-4-3-5-14(15)19(20,21)22/h3-9H,10H2,1-2H3,(H,23,26). The van der Waals surface area contributed by atoms with Gasteiger partial charge in [-0.05, 0) is 24.3 Å². The number of carbonyl (C=O) groups excluding carboxylic acids is 1. The van der Waals surface area contributed by atoms with Crippen LogP contribution in [-0.4, -0.2) is 36.1 Å². The second-order valence-corrected chi connectivity index (χ2v) is 6.78. The van der Waals surface area contributed by atoms with Crippen molar-refractivity contribution >= 4 is 23.4 Å². The summed E-state index contributed by atoms with van der Waals surface area (Å²) in [6, 6.07) is 9.77. The third-order valence-corrected chi connectivity index (χ3v) is 4.66. The number of aromatic nitrogens is 2. The van der Waals surface area contributed by atoms with E-state index in [1.807, 2.05) is 0 Å². The normalized spacial score (nSPS) is 11.2. The lowest BCUT2D eigenvalue weighted by atomic mass is 10.1. The lowest BCUT2D eigenvalue weighted by Crippen LogP contribution is -2.18. The molecule has 0 bridgehead atoms. The number of carbonyl (C=O) groups is 1. The van der Waals surface area contributed by atoms with Crippen molar-refractivity contribution in [2.75, 3.05) is 25.3 Å². The lowest BCUT2D eigenvalue weighted by Gasteiger charge is -2.13. The Hall–Kier alpha value is -3.21. The van der Waals surface area contributed by atoms with Gasteiger partial charge in [-0.15, -0.1) is 10.2 Å². The van der Waals surface area contributed by atoms with E-state index >= 15 is 0 Å². The molecule has 0 aliphatic carbocycles. The van der Waals surface area contributed by atoms with Crippen molar-refractivity contribution in [1.82, 2.24) is 10.2 Å². The number of rotatable bonds is 7. The van der Waals surface area contributed by atoms with Gasteiger partial charge in [0.15, 0.2) is 0 Å². The number of alkyl halides is 3. The van der Waals surface area contributed by atoms with E-state index in [4.69, 9.17) is 13.9 Å². The number of hydrogen-bond donors (Lipinski definition) is 1. The molecule has 30 heavy (non-hydrogen) atoms. The summed E-state index contributed by atoms with van der Waals surface area (Å²) in [5.74, 6) is 0.380. The molecule has 3 aromatic rings. The third kappa shape index (κ3) is 5.23. The zero-order valence-corrected chi connectivity index (χ0v) is 16.6. The molecule has 7 nitrogen and oxygen atoms in total. The van der Waals surface area contributed by atoms with Crippen molar-refractivity contribution in [2.24, 2.45) is 0 Å². The summed E-state index contributed by atoms with van der Waals surface area (Å²) in [6.07, 6.45) is -4.57. The van der Waals surface area contributed by atoms with Gasteiger partial charge in [-0.2, -0.15) is 13.2 Å². The summed E-state index contributed by atoms with van der Waals surface area (Å²) >= 11 is 0.900. The maximum atomic E-state index is 13.0. The average molecular weight is 439 g/mol. The highest BCUT2D eigenvalue weighted by molar-refractivity contribution is 7.99. The number of para-hydroxylation sites is 1. The molecule has 0 atom stereocenters. The van der Waals surface area contributed by atoms with E-state index in [0.29, 0.717) is 17.1 Å². The van der Waals surface area contributed by atoms with Crippen molar-refractivity contribution < 1.29 is 31.9 Å². The molecule has 11 heteroatoms. The Labute approximate surface area is 173 Å². The monoisotopic (exact) mass is 439 g/mol. The average Bonchev–Trinajstić information content (AvgIpc) is 3.20. The number of nitrogens with one attached hydrogen (secondary N) is 1. The van der Waals surface area contributed by atoms with Crippen molar-refractivity contribution in [3.63, 3.8) is 0 Å². The molecule has 1 amide bonds. The SMILES string of the molecule is COc1cc(OC)cc(-c2nnc(SCC(=O)Nc3ccccc3C(F)(F)F)o2)c1. The molecule has 3 rings (SSSR count). The van der Waals surface area contributed by atoms with Gasteiger partial charge in [-0.3, -0.25) is 4.79 Å². The van der Waals surface area contributed by atoms with E-state index in [1.165, 1.54) is 32.4 Å². The van der Waals surface area contributed by atoms with E-state index in [9.17, 15) is 18.0 Å². The van der Waals surface area contributed by atoms with Crippen molar-refractivity contribution in [3.05, 3.63) is 48.0 Å². The van der Waals surface area contributed by atoms with Gasteiger partial charge < -0.3 is 19.2 Å². The van der Waals surface area contributed by atoms with Crippen LogP contribution < -0.4 is 14.8 Å². The highest BCUT2D eigenvalue weighted by Crippen LogP contribution is 2.35. The van der Waals surface area contributed by atoms with Crippen LogP contribution in [0.1, 0.15) is 5.56 Å². The Bertz CT molecular complexity index is 1020. The molecule has 1 aromatic heterocycles. The minimum atomic E-state index is -4.57. The van der Waals surface area contributed by atoms with Crippen LogP contribution in [0.2, 0.25) is 0 Å². The summed E-state index contributed by atoms with van der Waals surface area (Å²) < 4.78 is 54.9. The summed E-state index contributed by atoms with van der Waals surface area (Å²) in [5, 5.41) is 10.1. The van der Waals surface area contributed by atoms with E-state index < -0.39 is 17.6 Å². The first-order valence-electron chi connectivity index (χ1n) is 8.46. The summed E-state index contributed by atoms with van der Waals surface area (Å²) in [6.45, 7) is 0. The molecule has 1 N–H and O–H groups in total. The van der Waals surface area contributed by atoms with E-state index in [2.05, 4.69) is 15.5 Å². The van der Waals surface area contributed by atoms with Crippen LogP contribution in [0.25, 0.3) is 11.5 Å². The fourth-order valence-electron chi connectivity index (χ4n) is 2.47. The second-order valence-electron chi connectivity index (χ2n) is 5.85. The van der Waals surface area contributed by atoms with Gasteiger partial charge in [0.25, 0.3) is 5.22 Å². The summed E-state index contributed by atoms with van der Waals surface area (Å²) in [5.41, 5.74) is -0.685. The van der Waals surface area contributed by atoms with Gasteiger partial charge >= 0.3 is 6.18 Å². The fourth-order valence-corrected chi connectivity index (χ4v) is 3.03. The Kier molecular flexibility index (Phi) is 6.50. The number of methoxy groups -OCH3 is 2. The van der Waals surface area contributed by atoms with Crippen LogP contribution in [0.4, 0.5) is 18.9 Å². The molecule has 0 spiro atoms. The molecule has 0 saturated heterocycles. The minimum Gasteiger partial charge on any atom is -0.497 e. The Morgan fingerprint density at radius 2 is 1.77 bits per heavy atom. The third-order valence-electron chi connectivity index (χ3n) is 3.84.